The van der Waals surface area contributed by atoms with Crippen molar-refractivity contribution >= 4 is 54.0 Å². The van der Waals surface area contributed by atoms with E-state index in [2.05, 4.69) is 39.2 Å². The lowest BCUT2D eigenvalue weighted by molar-refractivity contribution is -0.143. The van der Waals surface area contributed by atoms with Crippen LogP contribution in [0.25, 0.3) is 0 Å². The van der Waals surface area contributed by atoms with Crippen LogP contribution in [0.3, 0.4) is 0 Å². The summed E-state index contributed by atoms with van der Waals surface area (Å²) in [5.74, 6) is -6.74. The molecule has 0 unspecified atom stereocenters. The molecule has 0 spiro atoms. The summed E-state index contributed by atoms with van der Waals surface area (Å²) in [5, 5.41) is 61.1. The molecule has 20 heteroatoms. The number of aromatic hydroxyl groups is 2. The maximum absolute atomic E-state index is 14.2. The van der Waals surface area contributed by atoms with E-state index in [0.717, 1.165) is 0 Å². The molecule has 58 heavy (non-hydrogen) atoms. The molecule has 0 radical (unpaired) electrons. The van der Waals surface area contributed by atoms with Crippen LogP contribution < -0.4 is 32.3 Å². The number of carboxylic acid groups (broad SMARTS) is 1. The van der Waals surface area contributed by atoms with Gasteiger partial charge in [-0.05, 0) is 60.6 Å². The zero-order chi connectivity index (χ0) is 43.1. The molecule has 6 amide bonds. The van der Waals surface area contributed by atoms with Crippen LogP contribution in [-0.2, 0) is 46.4 Å². The lowest BCUT2D eigenvalue weighted by Crippen LogP contribution is -2.61. The third-order valence-electron chi connectivity index (χ3n) is 9.33. The highest BCUT2D eigenvalue weighted by Crippen LogP contribution is 2.21. The first kappa shape index (κ1) is 46.9. The van der Waals surface area contributed by atoms with Crippen LogP contribution in [0.5, 0.6) is 11.5 Å². The molecule has 2 aromatic rings. The summed E-state index contributed by atoms with van der Waals surface area (Å²) in [4.78, 5) is 93.4. The number of carboxylic acids is 1. The van der Waals surface area contributed by atoms with Gasteiger partial charge in [0.15, 0.2) is 0 Å². The van der Waals surface area contributed by atoms with Crippen molar-refractivity contribution in [1.82, 2.24) is 31.5 Å². The largest absolute Gasteiger partial charge is 0.508 e. The standard InChI is InChI=1S/C38H53N7O12S/c1-20(2)14-25(39)32(50)42-28(17-46)35(53)41-27(16-22-7-11-24(49)12-8-22)37(55)45-13-3-4-31(45)36(54)43-29(18-47)34(52)40-26(15-21-5-9-23(48)10-6-21)33(51)44-30(19-58)38(56)57/h5-12,20,25-31,46-49,58H,3-4,13-19,39H2,1-2H3,(H,40,52)(H,41,53)(H,42,50)(H,43,54)(H,44,51)(H,56,57)/t25-,26-,27-,28-,29-,30-,31-/m0/s1. The Morgan fingerprint density at radius 1 is 0.707 bits per heavy atom. The summed E-state index contributed by atoms with van der Waals surface area (Å²) in [6.07, 6.45) is 0.480. The van der Waals surface area contributed by atoms with Crippen molar-refractivity contribution in [2.45, 2.75) is 88.2 Å². The number of amides is 6. The second-order valence-electron chi connectivity index (χ2n) is 14.4. The number of aliphatic carboxylic acids is 1. The number of aliphatic hydroxyl groups excluding tert-OH is 2. The molecule has 3 rings (SSSR count). The number of rotatable bonds is 21. The first-order valence-corrected chi connectivity index (χ1v) is 19.3. The minimum atomic E-state index is -1.64. The second kappa shape index (κ2) is 22.5. The molecule has 1 saturated heterocycles. The number of nitrogens with one attached hydrogen (secondary N) is 5. The third-order valence-corrected chi connectivity index (χ3v) is 9.69. The first-order chi connectivity index (χ1) is 27.5. The van der Waals surface area contributed by atoms with Gasteiger partial charge in [-0.25, -0.2) is 4.79 Å². The van der Waals surface area contributed by atoms with Crippen molar-refractivity contribution in [2.24, 2.45) is 11.7 Å². The molecular formula is C38H53N7O12S. The molecule has 0 aromatic heterocycles. The predicted molar refractivity (Wildman–Crippen MR) is 211 cm³/mol. The van der Waals surface area contributed by atoms with E-state index in [1.165, 1.54) is 53.4 Å². The number of hydrogen-bond donors (Lipinski definition) is 12. The Balaban J connectivity index is 1.80. The van der Waals surface area contributed by atoms with E-state index in [1.807, 2.05) is 13.8 Å². The average Bonchev–Trinajstić information content (AvgIpc) is 3.68. The van der Waals surface area contributed by atoms with Gasteiger partial charge in [0, 0.05) is 25.1 Å². The Morgan fingerprint density at radius 3 is 1.64 bits per heavy atom. The predicted octanol–water partition coefficient (Wildman–Crippen LogP) is -2.33. The number of thiol groups is 1. The number of benzene rings is 2. The average molecular weight is 832 g/mol. The van der Waals surface area contributed by atoms with Crippen LogP contribution in [0.4, 0.5) is 0 Å². The number of nitrogens with zero attached hydrogens (tertiary/aromatic N) is 1. The van der Waals surface area contributed by atoms with Gasteiger partial charge in [0.1, 0.15) is 47.8 Å². The quantitative estimate of drug-likeness (QED) is 0.0589. The summed E-state index contributed by atoms with van der Waals surface area (Å²) in [5.41, 5.74) is 6.92. The summed E-state index contributed by atoms with van der Waals surface area (Å²) in [7, 11) is 0. The van der Waals surface area contributed by atoms with Crippen LogP contribution in [0.2, 0.25) is 0 Å². The molecule has 1 aliphatic rings. The summed E-state index contributed by atoms with van der Waals surface area (Å²) in [6, 6.07) is 2.03. The number of aliphatic hydroxyl groups is 2. The van der Waals surface area contributed by atoms with Gasteiger partial charge in [0.25, 0.3) is 0 Å². The molecular weight excluding hydrogens is 779 g/mol. The highest BCUT2D eigenvalue weighted by atomic mass is 32.1. The molecule has 12 N–H and O–H groups in total. The van der Waals surface area contributed by atoms with Crippen LogP contribution in [0, 0.1) is 5.92 Å². The van der Waals surface area contributed by atoms with Crippen molar-refractivity contribution in [3.05, 3.63) is 59.7 Å². The highest BCUT2D eigenvalue weighted by molar-refractivity contribution is 7.80. The fourth-order valence-corrected chi connectivity index (χ4v) is 6.45. The lowest BCUT2D eigenvalue weighted by Gasteiger charge is -2.31. The van der Waals surface area contributed by atoms with Crippen molar-refractivity contribution < 1.29 is 59.1 Å². The molecule has 2 aromatic carbocycles. The van der Waals surface area contributed by atoms with Gasteiger partial charge in [-0.1, -0.05) is 38.1 Å². The van der Waals surface area contributed by atoms with E-state index in [0.29, 0.717) is 24.0 Å². The second-order valence-corrected chi connectivity index (χ2v) is 14.7. The van der Waals surface area contributed by atoms with Crippen molar-refractivity contribution in [3.8, 4) is 11.5 Å². The highest BCUT2D eigenvalue weighted by Gasteiger charge is 2.40. The molecule has 7 atom stereocenters. The lowest BCUT2D eigenvalue weighted by atomic mass is 10.0. The Hall–Kier alpha value is -5.44. The fourth-order valence-electron chi connectivity index (χ4n) is 6.20. The summed E-state index contributed by atoms with van der Waals surface area (Å²) < 4.78 is 0. The third kappa shape index (κ3) is 13.9. The molecule has 0 bridgehead atoms. The maximum Gasteiger partial charge on any atom is 0.327 e. The zero-order valence-corrected chi connectivity index (χ0v) is 33.1. The van der Waals surface area contributed by atoms with Gasteiger partial charge in [-0.3, -0.25) is 28.8 Å². The summed E-state index contributed by atoms with van der Waals surface area (Å²) in [6.45, 7) is 2.02. The monoisotopic (exact) mass is 831 g/mol. The van der Waals surface area contributed by atoms with Crippen molar-refractivity contribution in [3.63, 3.8) is 0 Å². The van der Waals surface area contributed by atoms with E-state index >= 15 is 0 Å². The van der Waals surface area contributed by atoms with E-state index in [4.69, 9.17) is 5.73 Å². The molecule has 1 heterocycles. The number of phenols is 2. The van der Waals surface area contributed by atoms with Crippen LogP contribution in [0.1, 0.15) is 44.2 Å². The van der Waals surface area contributed by atoms with Gasteiger partial charge in [0.05, 0.1) is 19.3 Å². The van der Waals surface area contributed by atoms with E-state index in [1.54, 1.807) is 0 Å². The zero-order valence-electron chi connectivity index (χ0n) is 32.2. The number of phenolic OH excluding ortho intramolecular Hbond substituents is 2. The smallest absolute Gasteiger partial charge is 0.327 e. The van der Waals surface area contributed by atoms with E-state index in [9.17, 15) is 59.1 Å². The Labute approximate surface area is 340 Å². The molecule has 19 nitrogen and oxygen atoms in total. The number of carbonyl (C=O) groups is 7. The van der Waals surface area contributed by atoms with Crippen LogP contribution in [0.15, 0.2) is 48.5 Å². The summed E-state index contributed by atoms with van der Waals surface area (Å²) >= 11 is 3.95. The van der Waals surface area contributed by atoms with Gasteiger partial charge < -0.3 is 62.8 Å². The first-order valence-electron chi connectivity index (χ1n) is 18.7. The topological polar surface area (TPSA) is 310 Å². The number of carbonyl (C=O) groups excluding carboxylic acids is 6. The van der Waals surface area contributed by atoms with Gasteiger partial charge in [-0.2, -0.15) is 12.6 Å². The number of nitrogens with two attached hydrogens (primary N) is 1. The maximum atomic E-state index is 14.2. The van der Waals surface area contributed by atoms with Gasteiger partial charge in [0.2, 0.25) is 35.4 Å². The van der Waals surface area contributed by atoms with E-state index < -0.39 is 96.9 Å². The molecule has 0 aliphatic carbocycles. The SMILES string of the molecule is CC(C)C[C@H](N)C(=O)N[C@@H](CO)C(=O)N[C@@H](Cc1ccc(O)cc1)C(=O)N1CCC[C@H]1C(=O)N[C@@H](CO)C(=O)N[C@@H](Cc1ccc(O)cc1)C(=O)N[C@@H](CS)C(=O)O. The van der Waals surface area contributed by atoms with Crippen LogP contribution in [-0.4, -0.2) is 140 Å². The Kier molecular flexibility index (Phi) is 18.2. The normalized spacial score (nSPS) is 16.9. The Bertz CT molecular complexity index is 1750. The van der Waals surface area contributed by atoms with Gasteiger partial charge >= 0.3 is 5.97 Å². The van der Waals surface area contributed by atoms with Crippen molar-refractivity contribution in [1.29, 1.82) is 0 Å². The number of hydrogen-bond acceptors (Lipinski definition) is 13. The van der Waals surface area contributed by atoms with E-state index in [-0.39, 0.29) is 49.0 Å². The Morgan fingerprint density at radius 2 is 1.16 bits per heavy atom. The molecule has 1 fully saturated rings. The number of likely N-dealkylation sites (tertiary alicyclic amines) is 1. The fraction of sp³-hybridized carbons (Fsp3) is 0.500. The molecule has 318 valence electrons. The van der Waals surface area contributed by atoms with Crippen LogP contribution >= 0.6 is 12.6 Å². The molecule has 0 saturated carbocycles. The molecule has 1 aliphatic heterocycles. The van der Waals surface area contributed by atoms with Crippen molar-refractivity contribution in [2.75, 3.05) is 25.5 Å². The minimum absolute atomic E-state index is 0.0513. The van der Waals surface area contributed by atoms with Gasteiger partial charge in [-0.15, -0.1) is 0 Å². The minimum Gasteiger partial charge on any atom is -0.508 e.